The number of nitrogens with one attached hydrogen (secondary N) is 1. The van der Waals surface area contributed by atoms with Gasteiger partial charge in [-0.3, -0.25) is 4.79 Å². The summed E-state index contributed by atoms with van der Waals surface area (Å²) < 4.78 is 13.0. The molecule has 21 heavy (non-hydrogen) atoms. The molecule has 0 aliphatic heterocycles. The van der Waals surface area contributed by atoms with Crippen LogP contribution in [0.5, 0.6) is 0 Å². The van der Waals surface area contributed by atoms with E-state index in [0.29, 0.717) is 16.7 Å². The number of hydrogen-bond donors (Lipinski definition) is 3. The van der Waals surface area contributed by atoms with Crippen LogP contribution in [0, 0.1) is 5.82 Å². The van der Waals surface area contributed by atoms with Gasteiger partial charge in [-0.2, -0.15) is 0 Å². The van der Waals surface area contributed by atoms with Gasteiger partial charge in [0.2, 0.25) is 0 Å². The molecular weight excluding hydrogens is 273 g/mol. The van der Waals surface area contributed by atoms with Crippen molar-refractivity contribution >= 4 is 11.7 Å². The third kappa shape index (κ3) is 3.79. The van der Waals surface area contributed by atoms with E-state index in [4.69, 9.17) is 10.9 Å². The number of carbonyl (C=O) groups excluding carboxylic acids is 1. The van der Waals surface area contributed by atoms with Gasteiger partial charge in [-0.25, -0.2) is 4.39 Å². The summed E-state index contributed by atoms with van der Waals surface area (Å²) in [5.41, 5.74) is 6.95. The molecule has 0 fully saturated rings. The van der Waals surface area contributed by atoms with Crippen LogP contribution in [-0.4, -0.2) is 17.0 Å². The standard InChI is InChI=1S/C15H14FN3O2/c16-13-6-1-3-10(7-13)9-18-15(20)12-5-2-4-11(8-12)14(17)19-21/h1-8,21H,9H2,(H2,17,19)(H,18,20). The van der Waals surface area contributed by atoms with Crippen molar-refractivity contribution in [3.8, 4) is 0 Å². The first-order valence-electron chi connectivity index (χ1n) is 6.21. The van der Waals surface area contributed by atoms with Crippen molar-refractivity contribution in [1.82, 2.24) is 5.32 Å². The molecule has 0 radical (unpaired) electrons. The van der Waals surface area contributed by atoms with Crippen LogP contribution in [0.15, 0.2) is 53.7 Å². The van der Waals surface area contributed by atoms with E-state index >= 15 is 0 Å². The molecule has 6 heteroatoms. The quantitative estimate of drug-likeness (QED) is 0.347. The Morgan fingerprint density at radius 1 is 1.19 bits per heavy atom. The highest BCUT2D eigenvalue weighted by atomic mass is 19.1. The fraction of sp³-hybridized carbons (Fsp3) is 0.0667. The van der Waals surface area contributed by atoms with E-state index in [2.05, 4.69) is 10.5 Å². The topological polar surface area (TPSA) is 87.7 Å². The van der Waals surface area contributed by atoms with Crippen LogP contribution in [-0.2, 0) is 6.54 Å². The maximum absolute atomic E-state index is 13.0. The molecule has 0 bridgehead atoms. The lowest BCUT2D eigenvalue weighted by molar-refractivity contribution is 0.0951. The maximum Gasteiger partial charge on any atom is 0.251 e. The van der Waals surface area contributed by atoms with Crippen molar-refractivity contribution in [1.29, 1.82) is 0 Å². The molecule has 0 saturated heterocycles. The lowest BCUT2D eigenvalue weighted by Crippen LogP contribution is -2.23. The molecule has 2 aromatic carbocycles. The van der Waals surface area contributed by atoms with Crippen LogP contribution in [0.4, 0.5) is 4.39 Å². The predicted octanol–water partition coefficient (Wildman–Crippen LogP) is 1.85. The molecule has 0 aromatic heterocycles. The number of rotatable bonds is 4. The van der Waals surface area contributed by atoms with Gasteiger partial charge in [0.1, 0.15) is 5.82 Å². The van der Waals surface area contributed by atoms with Gasteiger partial charge in [0.15, 0.2) is 5.84 Å². The summed E-state index contributed by atoms with van der Waals surface area (Å²) in [5.74, 6) is -0.752. The van der Waals surface area contributed by atoms with Crippen LogP contribution in [0.3, 0.4) is 0 Å². The largest absolute Gasteiger partial charge is 0.409 e. The van der Waals surface area contributed by atoms with Gasteiger partial charge < -0.3 is 16.3 Å². The number of oxime groups is 1. The fourth-order valence-electron chi connectivity index (χ4n) is 1.81. The van der Waals surface area contributed by atoms with E-state index in [-0.39, 0.29) is 24.1 Å². The summed E-state index contributed by atoms with van der Waals surface area (Å²) in [6, 6.07) is 12.4. The Kier molecular flexibility index (Phi) is 4.50. The summed E-state index contributed by atoms with van der Waals surface area (Å²) in [7, 11) is 0. The number of nitrogens with two attached hydrogens (primary N) is 1. The molecule has 0 aliphatic rings. The van der Waals surface area contributed by atoms with Crippen LogP contribution < -0.4 is 11.1 Å². The summed E-state index contributed by atoms with van der Waals surface area (Å²) in [6.07, 6.45) is 0. The van der Waals surface area contributed by atoms with Crippen molar-refractivity contribution in [2.45, 2.75) is 6.54 Å². The van der Waals surface area contributed by atoms with Crippen molar-refractivity contribution in [2.75, 3.05) is 0 Å². The number of amidine groups is 1. The second kappa shape index (κ2) is 6.51. The second-order valence-electron chi connectivity index (χ2n) is 4.38. The van der Waals surface area contributed by atoms with Gasteiger partial charge in [-0.05, 0) is 29.8 Å². The van der Waals surface area contributed by atoms with Crippen molar-refractivity contribution in [3.05, 3.63) is 71.0 Å². The SMILES string of the molecule is N/C(=N\O)c1cccc(C(=O)NCc2cccc(F)c2)c1. The zero-order valence-corrected chi connectivity index (χ0v) is 11.1. The molecule has 5 nitrogen and oxygen atoms in total. The van der Waals surface area contributed by atoms with Crippen LogP contribution in [0.25, 0.3) is 0 Å². The molecule has 0 spiro atoms. The first-order valence-corrected chi connectivity index (χ1v) is 6.21. The zero-order chi connectivity index (χ0) is 15.2. The average molecular weight is 287 g/mol. The number of halogens is 1. The third-order valence-corrected chi connectivity index (χ3v) is 2.87. The van der Waals surface area contributed by atoms with Crippen molar-refractivity contribution in [3.63, 3.8) is 0 Å². The molecule has 0 heterocycles. The summed E-state index contributed by atoms with van der Waals surface area (Å²) in [5, 5.41) is 14.2. The molecule has 2 aromatic rings. The Morgan fingerprint density at radius 3 is 2.62 bits per heavy atom. The molecule has 0 unspecified atom stereocenters. The minimum Gasteiger partial charge on any atom is -0.409 e. The minimum absolute atomic E-state index is 0.0743. The first kappa shape index (κ1) is 14.5. The lowest BCUT2D eigenvalue weighted by atomic mass is 10.1. The van der Waals surface area contributed by atoms with E-state index in [1.807, 2.05) is 0 Å². The summed E-state index contributed by atoms with van der Waals surface area (Å²) >= 11 is 0. The number of amides is 1. The Bertz CT molecular complexity index is 686. The number of hydrogen-bond acceptors (Lipinski definition) is 3. The molecule has 0 atom stereocenters. The first-order chi connectivity index (χ1) is 10.1. The van der Waals surface area contributed by atoms with Gasteiger partial charge in [0.25, 0.3) is 5.91 Å². The minimum atomic E-state index is -0.351. The fourth-order valence-corrected chi connectivity index (χ4v) is 1.81. The average Bonchev–Trinajstić information content (AvgIpc) is 2.52. The highest BCUT2D eigenvalue weighted by molar-refractivity contribution is 6.01. The van der Waals surface area contributed by atoms with E-state index in [0.717, 1.165) is 0 Å². The normalized spacial score (nSPS) is 11.2. The van der Waals surface area contributed by atoms with Gasteiger partial charge in [-0.1, -0.05) is 29.4 Å². The lowest BCUT2D eigenvalue weighted by Gasteiger charge is -2.07. The van der Waals surface area contributed by atoms with Crippen molar-refractivity contribution < 1.29 is 14.4 Å². The van der Waals surface area contributed by atoms with Crippen LogP contribution >= 0.6 is 0 Å². The predicted molar refractivity (Wildman–Crippen MR) is 76.5 cm³/mol. The van der Waals surface area contributed by atoms with E-state index < -0.39 is 0 Å². The Hall–Kier alpha value is -2.89. The summed E-state index contributed by atoms with van der Waals surface area (Å²) in [4.78, 5) is 12.0. The van der Waals surface area contributed by atoms with Crippen LogP contribution in [0.1, 0.15) is 21.5 Å². The Morgan fingerprint density at radius 2 is 1.90 bits per heavy atom. The maximum atomic E-state index is 13.0. The third-order valence-electron chi connectivity index (χ3n) is 2.87. The highest BCUT2D eigenvalue weighted by Gasteiger charge is 2.08. The van der Waals surface area contributed by atoms with E-state index in [9.17, 15) is 9.18 Å². The molecule has 1 amide bonds. The van der Waals surface area contributed by atoms with Crippen LogP contribution in [0.2, 0.25) is 0 Å². The van der Waals surface area contributed by atoms with Gasteiger partial charge in [0.05, 0.1) is 0 Å². The zero-order valence-electron chi connectivity index (χ0n) is 11.1. The van der Waals surface area contributed by atoms with E-state index in [1.54, 1.807) is 30.3 Å². The molecular formula is C15H14FN3O2. The smallest absolute Gasteiger partial charge is 0.251 e. The van der Waals surface area contributed by atoms with E-state index in [1.165, 1.54) is 18.2 Å². The van der Waals surface area contributed by atoms with Gasteiger partial charge in [0, 0.05) is 17.7 Å². The Labute approximate surface area is 120 Å². The Balaban J connectivity index is 2.07. The molecule has 0 aliphatic carbocycles. The van der Waals surface area contributed by atoms with Gasteiger partial charge >= 0.3 is 0 Å². The molecule has 0 saturated carbocycles. The van der Waals surface area contributed by atoms with Crippen molar-refractivity contribution in [2.24, 2.45) is 10.9 Å². The number of benzene rings is 2. The monoisotopic (exact) mass is 287 g/mol. The second-order valence-corrected chi connectivity index (χ2v) is 4.38. The molecule has 4 N–H and O–H groups in total. The van der Waals surface area contributed by atoms with Gasteiger partial charge in [-0.15, -0.1) is 0 Å². The summed E-state index contributed by atoms with van der Waals surface area (Å²) in [6.45, 7) is 0.213. The number of carbonyl (C=O) groups is 1. The molecule has 2 rings (SSSR count). The highest BCUT2D eigenvalue weighted by Crippen LogP contribution is 2.07. The molecule has 108 valence electrons. The number of nitrogens with zero attached hydrogens (tertiary/aromatic N) is 1.